The molecule has 0 radical (unpaired) electrons. The maximum absolute atomic E-state index is 11.9. The van der Waals surface area contributed by atoms with Gasteiger partial charge in [0.05, 0.1) is 12.5 Å². The van der Waals surface area contributed by atoms with Gasteiger partial charge in [-0.2, -0.15) is 0 Å². The monoisotopic (exact) mass is 315 g/mol. The molecule has 0 saturated heterocycles. The van der Waals surface area contributed by atoms with Crippen LogP contribution in [0.2, 0.25) is 10.0 Å². The second-order valence-electron chi connectivity index (χ2n) is 5.57. The Morgan fingerprint density at radius 3 is 2.50 bits per heavy atom. The van der Waals surface area contributed by atoms with E-state index in [0.29, 0.717) is 15.6 Å². The minimum atomic E-state index is -0.890. The van der Waals surface area contributed by atoms with E-state index in [2.05, 4.69) is 5.32 Å². The predicted molar refractivity (Wildman–Crippen MR) is 81.0 cm³/mol. The lowest BCUT2D eigenvalue weighted by molar-refractivity contribution is -0.123. The molecule has 2 N–H and O–H groups in total. The molecule has 1 aliphatic carbocycles. The number of hydrogen-bond acceptors (Lipinski definition) is 2. The first kappa shape index (κ1) is 15.6. The number of carbonyl (C=O) groups is 1. The van der Waals surface area contributed by atoms with E-state index in [1.807, 2.05) is 6.92 Å². The van der Waals surface area contributed by atoms with Gasteiger partial charge < -0.3 is 10.4 Å². The first-order chi connectivity index (χ1) is 9.44. The fourth-order valence-corrected chi connectivity index (χ4v) is 2.85. The van der Waals surface area contributed by atoms with Crippen molar-refractivity contribution in [1.29, 1.82) is 0 Å². The number of hydrogen-bond donors (Lipinski definition) is 2. The van der Waals surface area contributed by atoms with E-state index < -0.39 is 6.10 Å². The van der Waals surface area contributed by atoms with E-state index in [0.717, 1.165) is 12.3 Å². The molecule has 2 atom stereocenters. The number of rotatable bonds is 6. The molecule has 20 heavy (non-hydrogen) atoms. The zero-order chi connectivity index (χ0) is 14.7. The fraction of sp³-hybridized carbons (Fsp3) is 0.533. The van der Waals surface area contributed by atoms with Crippen molar-refractivity contribution in [2.45, 2.75) is 44.8 Å². The Hall–Kier alpha value is -0.770. The standard InChI is InChI=1S/C15H19Cl2NO2/c1-9(4-10-2-3-10)18-15(20)8-14(19)11-5-12(16)7-13(17)6-11/h5-7,9-10,14,19H,2-4,8H2,1H3,(H,18,20). The van der Waals surface area contributed by atoms with Crippen LogP contribution in [0.25, 0.3) is 0 Å². The highest BCUT2D eigenvalue weighted by Crippen LogP contribution is 2.33. The lowest BCUT2D eigenvalue weighted by atomic mass is 10.1. The van der Waals surface area contributed by atoms with E-state index in [4.69, 9.17) is 23.2 Å². The topological polar surface area (TPSA) is 49.3 Å². The maximum Gasteiger partial charge on any atom is 0.223 e. The Morgan fingerprint density at radius 1 is 1.35 bits per heavy atom. The van der Waals surface area contributed by atoms with Crippen LogP contribution in [0.4, 0.5) is 0 Å². The Labute approximate surface area is 129 Å². The maximum atomic E-state index is 11.9. The highest BCUT2D eigenvalue weighted by atomic mass is 35.5. The van der Waals surface area contributed by atoms with Crippen molar-refractivity contribution in [2.75, 3.05) is 0 Å². The number of carbonyl (C=O) groups excluding carboxylic acids is 1. The Balaban J connectivity index is 1.85. The SMILES string of the molecule is CC(CC1CC1)NC(=O)CC(O)c1cc(Cl)cc(Cl)c1. The van der Waals surface area contributed by atoms with Gasteiger partial charge in [-0.25, -0.2) is 0 Å². The van der Waals surface area contributed by atoms with Gasteiger partial charge in [-0.1, -0.05) is 36.0 Å². The molecular formula is C15H19Cl2NO2. The molecule has 1 saturated carbocycles. The van der Waals surface area contributed by atoms with Crippen molar-refractivity contribution in [3.63, 3.8) is 0 Å². The Morgan fingerprint density at radius 2 is 1.95 bits per heavy atom. The second-order valence-corrected chi connectivity index (χ2v) is 6.44. The van der Waals surface area contributed by atoms with Crippen molar-refractivity contribution < 1.29 is 9.90 Å². The summed E-state index contributed by atoms with van der Waals surface area (Å²) in [5.41, 5.74) is 0.562. The summed E-state index contributed by atoms with van der Waals surface area (Å²) in [6, 6.07) is 5.00. The summed E-state index contributed by atoms with van der Waals surface area (Å²) in [5.74, 6) is 0.615. The summed E-state index contributed by atoms with van der Waals surface area (Å²) >= 11 is 11.8. The average Bonchev–Trinajstić information content (AvgIpc) is 3.10. The molecule has 0 aliphatic heterocycles. The third-order valence-electron chi connectivity index (χ3n) is 3.44. The van der Waals surface area contributed by atoms with Crippen LogP contribution >= 0.6 is 23.2 Å². The summed E-state index contributed by atoms with van der Waals surface area (Å²) in [6.07, 6.45) is 2.68. The summed E-state index contributed by atoms with van der Waals surface area (Å²) in [7, 11) is 0. The number of aliphatic hydroxyl groups excluding tert-OH is 1. The molecule has 1 aromatic rings. The summed E-state index contributed by atoms with van der Waals surface area (Å²) < 4.78 is 0. The molecule has 0 spiro atoms. The normalized spacial score (nSPS) is 17.6. The van der Waals surface area contributed by atoms with Crippen LogP contribution in [0.15, 0.2) is 18.2 Å². The third-order valence-corrected chi connectivity index (χ3v) is 3.88. The van der Waals surface area contributed by atoms with Crippen LogP contribution < -0.4 is 5.32 Å². The summed E-state index contributed by atoms with van der Waals surface area (Å²) in [5, 5.41) is 13.9. The molecule has 1 amide bonds. The Kier molecular flexibility index (Phi) is 5.30. The van der Waals surface area contributed by atoms with E-state index >= 15 is 0 Å². The molecule has 0 aromatic heterocycles. The number of benzene rings is 1. The van der Waals surface area contributed by atoms with Crippen LogP contribution in [-0.4, -0.2) is 17.1 Å². The van der Waals surface area contributed by atoms with Gasteiger partial charge in [0, 0.05) is 16.1 Å². The quantitative estimate of drug-likeness (QED) is 0.840. The summed E-state index contributed by atoms with van der Waals surface area (Å²) in [4.78, 5) is 11.9. The van der Waals surface area contributed by atoms with E-state index in [1.165, 1.54) is 12.8 Å². The number of aliphatic hydroxyl groups is 1. The van der Waals surface area contributed by atoms with Crippen LogP contribution in [-0.2, 0) is 4.79 Å². The van der Waals surface area contributed by atoms with Gasteiger partial charge in [0.2, 0.25) is 5.91 Å². The van der Waals surface area contributed by atoms with Crippen LogP contribution in [0.1, 0.15) is 44.3 Å². The largest absolute Gasteiger partial charge is 0.388 e. The Bertz CT molecular complexity index is 469. The second kappa shape index (κ2) is 6.79. The minimum Gasteiger partial charge on any atom is -0.388 e. The van der Waals surface area contributed by atoms with Gasteiger partial charge in [0.15, 0.2) is 0 Å². The highest BCUT2D eigenvalue weighted by molar-refractivity contribution is 6.34. The van der Waals surface area contributed by atoms with Crippen LogP contribution in [0, 0.1) is 5.92 Å². The smallest absolute Gasteiger partial charge is 0.223 e. The predicted octanol–water partition coefficient (Wildman–Crippen LogP) is 3.72. The molecule has 1 aromatic carbocycles. The molecule has 2 unspecified atom stereocenters. The van der Waals surface area contributed by atoms with Gasteiger partial charge in [-0.15, -0.1) is 0 Å². The van der Waals surface area contributed by atoms with Crippen molar-refractivity contribution in [3.05, 3.63) is 33.8 Å². The lowest BCUT2D eigenvalue weighted by Crippen LogP contribution is -2.33. The van der Waals surface area contributed by atoms with Crippen molar-refractivity contribution >= 4 is 29.1 Å². The van der Waals surface area contributed by atoms with Gasteiger partial charge >= 0.3 is 0 Å². The molecule has 0 bridgehead atoms. The number of nitrogens with one attached hydrogen (secondary N) is 1. The van der Waals surface area contributed by atoms with E-state index in [1.54, 1.807) is 18.2 Å². The van der Waals surface area contributed by atoms with Gasteiger partial charge in [-0.05, 0) is 43.0 Å². The van der Waals surface area contributed by atoms with E-state index in [-0.39, 0.29) is 18.4 Å². The molecule has 110 valence electrons. The molecule has 1 fully saturated rings. The van der Waals surface area contributed by atoms with Crippen molar-refractivity contribution in [1.82, 2.24) is 5.32 Å². The molecule has 1 aliphatic rings. The summed E-state index contributed by atoms with van der Waals surface area (Å²) in [6.45, 7) is 2.00. The van der Waals surface area contributed by atoms with Crippen LogP contribution in [0.5, 0.6) is 0 Å². The molecule has 0 heterocycles. The minimum absolute atomic E-state index is 0.0195. The van der Waals surface area contributed by atoms with Gasteiger partial charge in [-0.3, -0.25) is 4.79 Å². The van der Waals surface area contributed by atoms with Crippen molar-refractivity contribution in [2.24, 2.45) is 5.92 Å². The first-order valence-electron chi connectivity index (χ1n) is 6.87. The zero-order valence-electron chi connectivity index (χ0n) is 11.4. The molecule has 2 rings (SSSR count). The highest BCUT2D eigenvalue weighted by Gasteiger charge is 2.24. The molecule has 5 heteroatoms. The van der Waals surface area contributed by atoms with Crippen molar-refractivity contribution in [3.8, 4) is 0 Å². The molecule has 3 nitrogen and oxygen atoms in total. The zero-order valence-corrected chi connectivity index (χ0v) is 12.9. The number of amides is 1. The fourth-order valence-electron chi connectivity index (χ4n) is 2.31. The van der Waals surface area contributed by atoms with Crippen LogP contribution in [0.3, 0.4) is 0 Å². The van der Waals surface area contributed by atoms with Gasteiger partial charge in [0.25, 0.3) is 0 Å². The third kappa shape index (κ3) is 4.97. The van der Waals surface area contributed by atoms with E-state index in [9.17, 15) is 9.90 Å². The van der Waals surface area contributed by atoms with Gasteiger partial charge in [0.1, 0.15) is 0 Å². The average molecular weight is 316 g/mol. The number of halogens is 2. The molecular weight excluding hydrogens is 297 g/mol. The lowest BCUT2D eigenvalue weighted by Gasteiger charge is -2.16. The first-order valence-corrected chi connectivity index (χ1v) is 7.63.